The zero-order valence-electron chi connectivity index (χ0n) is 13.2. The smallest absolute Gasteiger partial charge is 0.287 e. The molecular weight excluding hydrogens is 326 g/mol. The third-order valence-electron chi connectivity index (χ3n) is 4.16. The molecule has 6 nitrogen and oxygen atoms in total. The van der Waals surface area contributed by atoms with Crippen molar-refractivity contribution in [2.24, 2.45) is 0 Å². The van der Waals surface area contributed by atoms with Gasteiger partial charge in [0.25, 0.3) is 5.91 Å². The summed E-state index contributed by atoms with van der Waals surface area (Å²) in [7, 11) is 1.59. The summed E-state index contributed by atoms with van der Waals surface area (Å²) in [6, 6.07) is 7.44. The molecule has 24 heavy (non-hydrogen) atoms. The number of carbonyl (C=O) groups excluding carboxylic acids is 1. The third-order valence-corrected chi connectivity index (χ3v) is 5.00. The molecule has 1 aromatic carbocycles. The van der Waals surface area contributed by atoms with E-state index in [-0.39, 0.29) is 11.9 Å². The van der Waals surface area contributed by atoms with Crippen molar-refractivity contribution < 1.29 is 13.9 Å². The van der Waals surface area contributed by atoms with Crippen LogP contribution in [-0.4, -0.2) is 37.1 Å². The number of para-hydroxylation sites is 1. The Morgan fingerprint density at radius 3 is 3.21 bits per heavy atom. The number of hydrogen-bond acceptors (Lipinski definition) is 6. The van der Waals surface area contributed by atoms with Crippen molar-refractivity contribution >= 4 is 33.3 Å². The Bertz CT molecular complexity index is 859. The van der Waals surface area contributed by atoms with Crippen LogP contribution in [0.1, 0.15) is 17.0 Å². The minimum Gasteiger partial charge on any atom is -0.493 e. The number of thiazole rings is 1. The standard InChI is InChI=1S/C17H17N3O3S/c1-22-13-4-2-3-11-9-14(23-15(11)13)16(21)19-12-5-7-20(10-12)17-18-6-8-24-17/h2-4,6,8-9,12H,5,7,10H2,1H3,(H,19,21)/t12-/m1/s1. The number of rotatable bonds is 4. The van der Waals surface area contributed by atoms with Crippen LogP contribution >= 0.6 is 11.3 Å². The molecule has 0 spiro atoms. The summed E-state index contributed by atoms with van der Waals surface area (Å²) in [5.74, 6) is 0.740. The highest BCUT2D eigenvalue weighted by Crippen LogP contribution is 2.28. The molecule has 1 aliphatic rings. The van der Waals surface area contributed by atoms with Crippen LogP contribution in [0.25, 0.3) is 11.0 Å². The van der Waals surface area contributed by atoms with E-state index in [0.717, 1.165) is 30.0 Å². The highest BCUT2D eigenvalue weighted by molar-refractivity contribution is 7.13. The lowest BCUT2D eigenvalue weighted by atomic mass is 10.2. The quantitative estimate of drug-likeness (QED) is 0.789. The highest BCUT2D eigenvalue weighted by atomic mass is 32.1. The number of benzene rings is 1. The number of furan rings is 1. The van der Waals surface area contributed by atoms with Gasteiger partial charge in [-0.15, -0.1) is 11.3 Å². The van der Waals surface area contributed by atoms with Gasteiger partial charge in [-0.3, -0.25) is 4.79 Å². The van der Waals surface area contributed by atoms with E-state index in [0.29, 0.717) is 17.1 Å². The summed E-state index contributed by atoms with van der Waals surface area (Å²) < 4.78 is 11.0. The average Bonchev–Trinajstić information content (AvgIpc) is 3.33. The number of anilines is 1. The predicted octanol–water partition coefficient (Wildman–Crippen LogP) is 2.91. The van der Waals surface area contributed by atoms with E-state index in [1.807, 2.05) is 23.6 Å². The van der Waals surface area contributed by atoms with E-state index in [9.17, 15) is 4.79 Å². The van der Waals surface area contributed by atoms with E-state index in [2.05, 4.69) is 15.2 Å². The number of nitrogens with one attached hydrogen (secondary N) is 1. The lowest BCUT2D eigenvalue weighted by Gasteiger charge is -2.15. The number of carbonyl (C=O) groups is 1. The zero-order valence-corrected chi connectivity index (χ0v) is 14.0. The summed E-state index contributed by atoms with van der Waals surface area (Å²) in [6.07, 6.45) is 2.70. The van der Waals surface area contributed by atoms with Gasteiger partial charge < -0.3 is 19.4 Å². The van der Waals surface area contributed by atoms with E-state index in [1.165, 1.54) is 0 Å². The molecule has 2 aromatic heterocycles. The summed E-state index contributed by atoms with van der Waals surface area (Å²) >= 11 is 1.61. The molecule has 1 saturated heterocycles. The van der Waals surface area contributed by atoms with E-state index in [4.69, 9.17) is 9.15 Å². The van der Waals surface area contributed by atoms with Crippen molar-refractivity contribution in [1.82, 2.24) is 10.3 Å². The summed E-state index contributed by atoms with van der Waals surface area (Å²) in [4.78, 5) is 19.0. The van der Waals surface area contributed by atoms with Gasteiger partial charge in [-0.1, -0.05) is 12.1 Å². The van der Waals surface area contributed by atoms with Gasteiger partial charge in [-0.05, 0) is 18.6 Å². The lowest BCUT2D eigenvalue weighted by Crippen LogP contribution is -2.36. The van der Waals surface area contributed by atoms with Crippen molar-refractivity contribution in [1.29, 1.82) is 0 Å². The fourth-order valence-corrected chi connectivity index (χ4v) is 3.67. The van der Waals surface area contributed by atoms with Gasteiger partial charge in [0, 0.05) is 36.1 Å². The summed E-state index contributed by atoms with van der Waals surface area (Å²) in [5.41, 5.74) is 0.598. The van der Waals surface area contributed by atoms with Gasteiger partial charge in [0.2, 0.25) is 0 Å². The van der Waals surface area contributed by atoms with Crippen LogP contribution in [0.4, 0.5) is 5.13 Å². The Hall–Kier alpha value is -2.54. The first-order chi connectivity index (χ1) is 11.7. The van der Waals surface area contributed by atoms with Gasteiger partial charge in [0.1, 0.15) is 0 Å². The van der Waals surface area contributed by atoms with E-state index >= 15 is 0 Å². The predicted molar refractivity (Wildman–Crippen MR) is 93.0 cm³/mol. The van der Waals surface area contributed by atoms with E-state index in [1.54, 1.807) is 30.7 Å². The Morgan fingerprint density at radius 1 is 1.50 bits per heavy atom. The molecule has 3 heterocycles. The third kappa shape index (κ3) is 2.71. The van der Waals surface area contributed by atoms with Crippen LogP contribution in [-0.2, 0) is 0 Å². The van der Waals surface area contributed by atoms with Crippen LogP contribution in [0.15, 0.2) is 40.3 Å². The van der Waals surface area contributed by atoms with Crippen molar-refractivity contribution in [3.8, 4) is 5.75 Å². The van der Waals surface area contributed by atoms with Gasteiger partial charge in [-0.2, -0.15) is 0 Å². The first-order valence-electron chi connectivity index (χ1n) is 7.76. The molecule has 124 valence electrons. The maximum absolute atomic E-state index is 12.5. The van der Waals surface area contributed by atoms with Crippen LogP contribution in [0.5, 0.6) is 5.75 Å². The van der Waals surface area contributed by atoms with Gasteiger partial charge >= 0.3 is 0 Å². The van der Waals surface area contributed by atoms with Gasteiger partial charge in [0.15, 0.2) is 22.2 Å². The number of amides is 1. The van der Waals surface area contributed by atoms with Crippen LogP contribution in [0, 0.1) is 0 Å². The number of aromatic nitrogens is 1. The van der Waals surface area contributed by atoms with Gasteiger partial charge in [-0.25, -0.2) is 4.98 Å². The second-order valence-corrected chi connectivity index (χ2v) is 6.58. The first-order valence-corrected chi connectivity index (χ1v) is 8.64. The maximum atomic E-state index is 12.5. The number of fused-ring (bicyclic) bond motifs is 1. The fraction of sp³-hybridized carbons (Fsp3) is 0.294. The summed E-state index contributed by atoms with van der Waals surface area (Å²) in [5, 5.41) is 6.87. The van der Waals surface area contributed by atoms with Crippen molar-refractivity contribution in [3.63, 3.8) is 0 Å². The average molecular weight is 343 g/mol. The van der Waals surface area contributed by atoms with Crippen molar-refractivity contribution in [3.05, 3.63) is 41.6 Å². The van der Waals surface area contributed by atoms with Gasteiger partial charge in [0.05, 0.1) is 7.11 Å². The monoisotopic (exact) mass is 343 g/mol. The minimum absolute atomic E-state index is 0.0940. The van der Waals surface area contributed by atoms with E-state index < -0.39 is 0 Å². The molecular formula is C17H17N3O3S. The second kappa shape index (κ2) is 6.16. The van der Waals surface area contributed by atoms with Crippen LogP contribution < -0.4 is 15.0 Å². The number of nitrogens with zero attached hydrogens (tertiary/aromatic N) is 2. The minimum atomic E-state index is -0.195. The highest BCUT2D eigenvalue weighted by Gasteiger charge is 2.26. The fourth-order valence-electron chi connectivity index (χ4n) is 2.99. The van der Waals surface area contributed by atoms with Crippen molar-refractivity contribution in [2.45, 2.75) is 12.5 Å². The molecule has 0 saturated carbocycles. The topological polar surface area (TPSA) is 67.6 Å². The Morgan fingerprint density at radius 2 is 2.42 bits per heavy atom. The first kappa shape index (κ1) is 15.0. The molecule has 0 radical (unpaired) electrons. The van der Waals surface area contributed by atoms with Crippen LogP contribution in [0.3, 0.4) is 0 Å². The molecule has 7 heteroatoms. The van der Waals surface area contributed by atoms with Crippen LogP contribution in [0.2, 0.25) is 0 Å². The Labute approximate surface area is 143 Å². The van der Waals surface area contributed by atoms with Crippen molar-refractivity contribution in [2.75, 3.05) is 25.1 Å². The number of hydrogen-bond donors (Lipinski definition) is 1. The molecule has 0 aliphatic carbocycles. The zero-order chi connectivity index (χ0) is 16.5. The Balaban J connectivity index is 1.47. The molecule has 1 aliphatic heterocycles. The second-order valence-electron chi connectivity index (χ2n) is 5.71. The molecule has 1 atom stereocenters. The lowest BCUT2D eigenvalue weighted by molar-refractivity contribution is 0.0914. The largest absolute Gasteiger partial charge is 0.493 e. The molecule has 0 bridgehead atoms. The SMILES string of the molecule is COc1cccc2cc(C(=O)N[C@@H]3CCN(c4nccs4)C3)oc12. The summed E-state index contributed by atoms with van der Waals surface area (Å²) in [6.45, 7) is 1.66. The molecule has 4 rings (SSSR count). The Kier molecular flexibility index (Phi) is 3.86. The normalized spacial score (nSPS) is 17.4. The molecule has 1 N–H and O–H groups in total. The number of methoxy groups -OCH3 is 1. The molecule has 3 aromatic rings. The molecule has 1 amide bonds. The number of ether oxygens (including phenoxy) is 1. The maximum Gasteiger partial charge on any atom is 0.287 e. The molecule has 0 unspecified atom stereocenters. The molecule has 1 fully saturated rings.